The molecule has 0 saturated heterocycles. The van der Waals surface area contributed by atoms with Crippen molar-refractivity contribution in [3.05, 3.63) is 112 Å². The number of fused-ring (bicyclic) bond motifs is 1. The van der Waals surface area contributed by atoms with Crippen LogP contribution in [0.25, 0.3) is 10.9 Å². The molecular formula is C32H27BClN9. The van der Waals surface area contributed by atoms with E-state index >= 15 is 0 Å². The van der Waals surface area contributed by atoms with Crippen LogP contribution in [0.2, 0.25) is 5.02 Å². The zero-order valence-electron chi connectivity index (χ0n) is 23.4. The van der Waals surface area contributed by atoms with Crippen LogP contribution in [0.1, 0.15) is 47.6 Å². The largest absolute Gasteiger partial charge is 0.378 e. The van der Waals surface area contributed by atoms with Crippen LogP contribution in [0, 0.1) is 34.0 Å². The van der Waals surface area contributed by atoms with Gasteiger partial charge >= 0.3 is 0 Å². The third-order valence-electron chi connectivity index (χ3n) is 7.89. The van der Waals surface area contributed by atoms with Crippen LogP contribution in [0.15, 0.2) is 84.8 Å². The first kappa shape index (κ1) is 27.9. The van der Waals surface area contributed by atoms with Crippen LogP contribution in [0.4, 0.5) is 11.4 Å². The second kappa shape index (κ2) is 11.6. The van der Waals surface area contributed by atoms with E-state index in [4.69, 9.17) is 11.6 Å². The second-order valence-corrected chi connectivity index (χ2v) is 11.3. The molecule has 1 saturated carbocycles. The lowest BCUT2D eigenvalue weighted by molar-refractivity contribution is 0.260. The van der Waals surface area contributed by atoms with Crippen LogP contribution in [0.3, 0.4) is 0 Å². The fourth-order valence-corrected chi connectivity index (χ4v) is 5.66. The summed E-state index contributed by atoms with van der Waals surface area (Å²) in [5.74, 6) is 0. The van der Waals surface area contributed by atoms with Crippen LogP contribution < -0.4 is 21.6 Å². The van der Waals surface area contributed by atoms with Crippen molar-refractivity contribution in [1.82, 2.24) is 21.0 Å². The average Bonchev–Trinajstić information content (AvgIpc) is 3.76. The second-order valence-electron chi connectivity index (χ2n) is 10.8. The maximum atomic E-state index is 10.0. The quantitative estimate of drug-likeness (QED) is 0.202. The smallest absolute Gasteiger partial charge is 0.148 e. The molecule has 210 valence electrons. The predicted octanol–water partition coefficient (Wildman–Crippen LogP) is 4.93. The van der Waals surface area contributed by atoms with Crippen molar-refractivity contribution < 1.29 is 0 Å². The summed E-state index contributed by atoms with van der Waals surface area (Å²) in [5.41, 5.74) is 11.1. The van der Waals surface area contributed by atoms with Crippen LogP contribution in [0.5, 0.6) is 0 Å². The van der Waals surface area contributed by atoms with Gasteiger partial charge in [-0.05, 0) is 48.2 Å². The van der Waals surface area contributed by atoms with Gasteiger partial charge in [-0.2, -0.15) is 15.8 Å². The highest BCUT2D eigenvalue weighted by atomic mass is 35.5. The number of hydrazine groups is 2. The highest BCUT2D eigenvalue weighted by molar-refractivity contribution is 6.36. The number of hydrogen-bond donors (Lipinski definition) is 4. The number of aromatic nitrogens is 1. The minimum Gasteiger partial charge on any atom is -0.378 e. The Bertz CT molecular complexity index is 1850. The summed E-state index contributed by atoms with van der Waals surface area (Å²) in [7, 11) is 2.04. The monoisotopic (exact) mass is 583 g/mol. The van der Waals surface area contributed by atoms with Gasteiger partial charge in [0.05, 0.1) is 63.1 Å². The summed E-state index contributed by atoms with van der Waals surface area (Å²) in [6.07, 6.45) is 5.99. The average molecular weight is 584 g/mol. The molecular weight excluding hydrogens is 557 g/mol. The number of nitriles is 3. The maximum Gasteiger partial charge on any atom is 0.148 e. The highest BCUT2D eigenvalue weighted by Crippen LogP contribution is 2.39. The van der Waals surface area contributed by atoms with Gasteiger partial charge in [0.15, 0.2) is 0 Å². The van der Waals surface area contributed by atoms with Crippen molar-refractivity contribution in [2.24, 2.45) is 0 Å². The number of rotatable bonds is 9. The molecule has 0 radical (unpaired) electrons. The Morgan fingerprint density at radius 2 is 1.88 bits per heavy atom. The van der Waals surface area contributed by atoms with Gasteiger partial charge in [-0.1, -0.05) is 54.1 Å². The van der Waals surface area contributed by atoms with E-state index in [9.17, 15) is 15.8 Å². The van der Waals surface area contributed by atoms with Gasteiger partial charge in [0, 0.05) is 29.5 Å². The minimum atomic E-state index is -0.804. The van der Waals surface area contributed by atoms with Gasteiger partial charge in [0.1, 0.15) is 13.9 Å². The summed E-state index contributed by atoms with van der Waals surface area (Å²) >= 11 is 6.84. The third-order valence-corrected chi connectivity index (χ3v) is 8.18. The molecule has 9 nitrogen and oxygen atoms in total. The van der Waals surface area contributed by atoms with Crippen molar-refractivity contribution in [2.45, 2.75) is 36.8 Å². The van der Waals surface area contributed by atoms with Gasteiger partial charge < -0.3 is 16.1 Å². The minimum absolute atomic E-state index is 0.196. The lowest BCUT2D eigenvalue weighted by Gasteiger charge is -2.34. The first-order chi connectivity index (χ1) is 20.9. The van der Waals surface area contributed by atoms with Crippen molar-refractivity contribution in [3.8, 4) is 18.2 Å². The number of halogens is 1. The molecule has 2 atom stereocenters. The molecule has 0 spiro atoms. The van der Waals surface area contributed by atoms with E-state index in [1.54, 1.807) is 6.07 Å². The Kier molecular flexibility index (Phi) is 7.53. The number of benzene rings is 3. The standard InChI is InChI=1S/C32H27BClN9/c33-32(23-8-4-5-20(13-23)16-36,29-19-43(42-41-29)25-9-10-25)40-24-14-26-30(22(17-37)18-38-31(26)27(34)15-24)39-28(11-12-35)21-6-2-1-3-7-21/h1-8,13-15,18-19,25,28,40-42H,9-11,33H2,(H,38,39)/t28-,32?/m0/s1. The van der Waals surface area contributed by atoms with Crippen molar-refractivity contribution in [1.29, 1.82) is 15.8 Å². The Morgan fingerprint density at radius 3 is 2.60 bits per heavy atom. The molecule has 2 heterocycles. The molecule has 11 heteroatoms. The van der Waals surface area contributed by atoms with Crippen LogP contribution in [-0.2, 0) is 5.44 Å². The van der Waals surface area contributed by atoms with Crippen LogP contribution in [-0.4, -0.2) is 23.9 Å². The first-order valence-electron chi connectivity index (χ1n) is 14.0. The zero-order valence-corrected chi connectivity index (χ0v) is 24.2. The molecule has 1 fully saturated rings. The molecule has 0 bridgehead atoms. The van der Waals surface area contributed by atoms with E-state index in [1.165, 1.54) is 6.20 Å². The van der Waals surface area contributed by atoms with Gasteiger partial charge in [0.25, 0.3) is 0 Å². The van der Waals surface area contributed by atoms with E-state index in [1.807, 2.05) is 68.5 Å². The maximum absolute atomic E-state index is 10.0. The molecule has 2 aliphatic rings. The normalized spacial score (nSPS) is 16.1. The van der Waals surface area contributed by atoms with E-state index in [0.717, 1.165) is 29.7 Å². The molecule has 3 aromatic carbocycles. The summed E-state index contributed by atoms with van der Waals surface area (Å²) in [5, 5.41) is 39.5. The molecule has 1 aromatic heterocycles. The van der Waals surface area contributed by atoms with Crippen LogP contribution >= 0.6 is 11.6 Å². The number of anilines is 2. The Balaban J connectivity index is 1.46. The summed E-state index contributed by atoms with van der Waals surface area (Å²) in [4.78, 5) is 4.51. The molecule has 43 heavy (non-hydrogen) atoms. The fraction of sp³-hybridized carbons (Fsp3) is 0.188. The van der Waals surface area contributed by atoms with Crippen molar-refractivity contribution in [2.75, 3.05) is 10.6 Å². The molecule has 6 rings (SSSR count). The summed E-state index contributed by atoms with van der Waals surface area (Å²) in [6.45, 7) is 0. The van der Waals surface area contributed by atoms with Gasteiger partial charge in [-0.25, -0.2) is 0 Å². The van der Waals surface area contributed by atoms with Crippen molar-refractivity contribution in [3.63, 3.8) is 0 Å². The number of hydrogen-bond acceptors (Lipinski definition) is 9. The molecule has 1 aliphatic carbocycles. The molecule has 1 aliphatic heterocycles. The van der Waals surface area contributed by atoms with E-state index in [0.29, 0.717) is 44.5 Å². The molecule has 0 amide bonds. The zero-order chi connectivity index (χ0) is 30.0. The number of pyridine rings is 1. The van der Waals surface area contributed by atoms with E-state index in [-0.39, 0.29) is 12.5 Å². The Hall–Kier alpha value is -5.21. The SMILES string of the molecule is BC(Nc1cc(Cl)c2ncc(C#N)c(N[C@@H](CC#N)c3ccccc3)c2c1)(C1=CN(C2CC2)NN1)c1cccc(C#N)c1. The molecule has 1 unspecified atom stereocenters. The van der Waals surface area contributed by atoms with E-state index < -0.39 is 5.44 Å². The van der Waals surface area contributed by atoms with Gasteiger partial charge in [-0.3, -0.25) is 9.99 Å². The van der Waals surface area contributed by atoms with Crippen molar-refractivity contribution >= 4 is 41.7 Å². The highest BCUT2D eigenvalue weighted by Gasteiger charge is 2.38. The predicted molar refractivity (Wildman–Crippen MR) is 169 cm³/mol. The van der Waals surface area contributed by atoms with E-state index in [2.05, 4.69) is 56.0 Å². The number of nitrogens with zero attached hydrogens (tertiary/aromatic N) is 5. The van der Waals surface area contributed by atoms with Gasteiger partial charge in [0.2, 0.25) is 0 Å². The summed E-state index contributed by atoms with van der Waals surface area (Å²) in [6, 6.07) is 27.7. The summed E-state index contributed by atoms with van der Waals surface area (Å²) < 4.78 is 0. The Morgan fingerprint density at radius 1 is 1.07 bits per heavy atom. The topological polar surface area (TPSA) is 136 Å². The first-order valence-corrected chi connectivity index (χ1v) is 14.3. The number of nitrogens with one attached hydrogen (secondary N) is 4. The lowest BCUT2D eigenvalue weighted by Crippen LogP contribution is -2.45. The lowest BCUT2D eigenvalue weighted by atomic mass is 9.69. The molecule has 4 N–H and O–H groups in total. The Labute approximate surface area is 255 Å². The molecule has 4 aromatic rings. The van der Waals surface area contributed by atoms with Gasteiger partial charge in [-0.15, -0.1) is 5.53 Å². The third kappa shape index (κ3) is 5.52. The fourth-order valence-electron chi connectivity index (χ4n) is 5.39.